The molecule has 2 aromatic rings. The van der Waals surface area contributed by atoms with Gasteiger partial charge >= 0.3 is 5.97 Å². The maximum atomic E-state index is 13.8. The van der Waals surface area contributed by atoms with Crippen LogP contribution >= 0.6 is 0 Å². The quantitative estimate of drug-likeness (QED) is 0.371. The Labute approximate surface area is 162 Å². The van der Waals surface area contributed by atoms with Crippen molar-refractivity contribution in [1.82, 2.24) is 9.97 Å². The molecular formula is C21H21F2N3O2. The summed E-state index contributed by atoms with van der Waals surface area (Å²) in [6.07, 6.45) is 5.48. The number of esters is 1. The number of pyridine rings is 2. The summed E-state index contributed by atoms with van der Waals surface area (Å²) in [4.78, 5) is 20.3. The Morgan fingerprint density at radius 3 is 2.64 bits per heavy atom. The third-order valence-electron chi connectivity index (χ3n) is 3.99. The summed E-state index contributed by atoms with van der Waals surface area (Å²) in [7, 11) is 0. The molecule has 0 unspecified atom stereocenters. The summed E-state index contributed by atoms with van der Waals surface area (Å²) in [5.74, 6) is -1.73. The van der Waals surface area contributed by atoms with Crippen molar-refractivity contribution in [2.75, 3.05) is 13.3 Å². The molecule has 0 saturated carbocycles. The number of nitrogens with one attached hydrogen (secondary N) is 1. The van der Waals surface area contributed by atoms with Crippen LogP contribution in [0, 0.1) is 5.41 Å². The maximum absolute atomic E-state index is 13.8. The number of ether oxygens (including phenoxy) is 1. The van der Waals surface area contributed by atoms with Crippen LogP contribution in [0.4, 0.5) is 8.78 Å². The predicted octanol–water partition coefficient (Wildman–Crippen LogP) is 4.51. The summed E-state index contributed by atoms with van der Waals surface area (Å²) in [5.41, 5.74) is 1.09. The minimum absolute atomic E-state index is 0.0912. The van der Waals surface area contributed by atoms with Crippen molar-refractivity contribution in [2.24, 2.45) is 0 Å². The number of carbonyl (C=O) groups excluding carboxylic acids is 1. The van der Waals surface area contributed by atoms with Crippen LogP contribution in [0.5, 0.6) is 0 Å². The molecule has 28 heavy (non-hydrogen) atoms. The van der Waals surface area contributed by atoms with E-state index in [1.807, 2.05) is 0 Å². The lowest BCUT2D eigenvalue weighted by Crippen LogP contribution is -2.10. The zero-order valence-electron chi connectivity index (χ0n) is 15.3. The van der Waals surface area contributed by atoms with Gasteiger partial charge in [-0.2, -0.15) is 4.39 Å². The number of aryl methyl sites for hydroxylation is 1. The van der Waals surface area contributed by atoms with Crippen LogP contribution in [0.2, 0.25) is 0 Å². The SMILES string of the molecule is C=CCOC(=O)c1cccnc1CCCC(CF)=C(C(=N)F)c1ccccn1. The summed E-state index contributed by atoms with van der Waals surface area (Å²) < 4.78 is 32.4. The fourth-order valence-electron chi connectivity index (χ4n) is 2.72. The van der Waals surface area contributed by atoms with Gasteiger partial charge in [-0.15, -0.1) is 0 Å². The largest absolute Gasteiger partial charge is 0.458 e. The van der Waals surface area contributed by atoms with Crippen LogP contribution in [0.1, 0.15) is 34.6 Å². The Morgan fingerprint density at radius 1 is 1.21 bits per heavy atom. The van der Waals surface area contributed by atoms with E-state index in [2.05, 4.69) is 16.5 Å². The van der Waals surface area contributed by atoms with Crippen molar-refractivity contribution in [1.29, 1.82) is 5.41 Å². The smallest absolute Gasteiger partial charge is 0.340 e. The van der Waals surface area contributed by atoms with E-state index >= 15 is 0 Å². The molecule has 0 bridgehead atoms. The molecule has 0 aliphatic carbocycles. The fraction of sp³-hybridized carbons (Fsp3) is 0.238. The average Bonchev–Trinajstić information content (AvgIpc) is 2.72. The Kier molecular flexibility index (Phi) is 8.14. The number of allylic oxidation sites excluding steroid dienone is 2. The van der Waals surface area contributed by atoms with Crippen LogP contribution in [0.3, 0.4) is 0 Å². The van der Waals surface area contributed by atoms with Gasteiger partial charge in [0.05, 0.1) is 22.5 Å². The lowest BCUT2D eigenvalue weighted by molar-refractivity contribution is 0.0548. The molecule has 0 atom stereocenters. The minimum atomic E-state index is -1.22. The Hall–Kier alpha value is -3.22. The van der Waals surface area contributed by atoms with Gasteiger partial charge in [-0.05, 0) is 49.1 Å². The second kappa shape index (κ2) is 10.8. The highest BCUT2D eigenvalue weighted by Gasteiger charge is 2.17. The topological polar surface area (TPSA) is 75.9 Å². The molecule has 2 rings (SSSR count). The second-order valence-corrected chi connectivity index (χ2v) is 5.88. The van der Waals surface area contributed by atoms with E-state index in [-0.39, 0.29) is 29.9 Å². The molecule has 5 nitrogen and oxygen atoms in total. The first-order valence-electron chi connectivity index (χ1n) is 8.74. The molecule has 146 valence electrons. The summed E-state index contributed by atoms with van der Waals surface area (Å²) >= 11 is 0. The third-order valence-corrected chi connectivity index (χ3v) is 3.99. The van der Waals surface area contributed by atoms with E-state index in [0.29, 0.717) is 24.1 Å². The van der Waals surface area contributed by atoms with Crippen LogP contribution < -0.4 is 0 Å². The maximum Gasteiger partial charge on any atom is 0.340 e. The third kappa shape index (κ3) is 5.64. The van der Waals surface area contributed by atoms with Crippen LogP contribution in [-0.2, 0) is 11.2 Å². The van der Waals surface area contributed by atoms with Crippen molar-refractivity contribution < 1.29 is 18.3 Å². The van der Waals surface area contributed by atoms with Gasteiger partial charge in [0, 0.05) is 12.4 Å². The standard InChI is InChI=1S/C21H21F2N3O2/c1-2-13-28-21(27)16-8-6-12-25-17(16)10-5-7-15(14-22)19(20(23)24)18-9-3-4-11-26-18/h2-4,6,8-9,11-12,24H,1,5,7,10,13-14H2. The lowest BCUT2D eigenvalue weighted by Gasteiger charge is -2.11. The molecular weight excluding hydrogens is 364 g/mol. The number of carbonyl (C=O) groups is 1. The first-order valence-corrected chi connectivity index (χ1v) is 8.74. The molecule has 2 heterocycles. The van der Waals surface area contributed by atoms with Gasteiger partial charge in [-0.1, -0.05) is 18.7 Å². The average molecular weight is 385 g/mol. The van der Waals surface area contributed by atoms with Crippen molar-refractivity contribution in [3.05, 3.63) is 77.9 Å². The van der Waals surface area contributed by atoms with Gasteiger partial charge in [0.1, 0.15) is 13.3 Å². The van der Waals surface area contributed by atoms with Gasteiger partial charge in [0.25, 0.3) is 0 Å². The van der Waals surface area contributed by atoms with Gasteiger partial charge < -0.3 is 4.74 Å². The van der Waals surface area contributed by atoms with Crippen LogP contribution in [0.25, 0.3) is 5.57 Å². The Bertz CT molecular complexity index is 867. The van der Waals surface area contributed by atoms with E-state index in [0.717, 1.165) is 0 Å². The Balaban J connectivity index is 2.16. The molecule has 0 amide bonds. The lowest BCUT2D eigenvalue weighted by atomic mass is 9.99. The summed E-state index contributed by atoms with van der Waals surface area (Å²) in [5, 5.41) is 7.36. The molecule has 2 aromatic heterocycles. The predicted molar refractivity (Wildman–Crippen MR) is 104 cm³/mol. The number of hydrogen-bond acceptors (Lipinski definition) is 5. The second-order valence-electron chi connectivity index (χ2n) is 5.88. The van der Waals surface area contributed by atoms with Gasteiger partial charge in [-0.25, -0.2) is 9.18 Å². The van der Waals surface area contributed by atoms with E-state index in [9.17, 15) is 13.6 Å². The fourth-order valence-corrected chi connectivity index (χ4v) is 2.72. The van der Waals surface area contributed by atoms with Gasteiger partial charge in [0.2, 0.25) is 5.97 Å². The normalized spacial score (nSPS) is 11.5. The number of aromatic nitrogens is 2. The monoisotopic (exact) mass is 385 g/mol. The molecule has 7 heteroatoms. The number of hydrogen-bond donors (Lipinski definition) is 1. The summed E-state index contributed by atoms with van der Waals surface area (Å²) in [6.45, 7) is 2.69. The van der Waals surface area contributed by atoms with Crippen molar-refractivity contribution in [2.45, 2.75) is 19.3 Å². The molecule has 0 saturated heterocycles. The molecule has 0 aromatic carbocycles. The van der Waals surface area contributed by atoms with E-state index < -0.39 is 18.6 Å². The van der Waals surface area contributed by atoms with E-state index in [1.54, 1.807) is 30.5 Å². The highest BCUT2D eigenvalue weighted by Crippen LogP contribution is 2.24. The molecule has 1 N–H and O–H groups in total. The van der Waals surface area contributed by atoms with Gasteiger partial charge in [0.15, 0.2) is 0 Å². The number of halogens is 2. The molecule has 0 radical (unpaired) electrons. The van der Waals surface area contributed by atoms with Crippen molar-refractivity contribution in [3.8, 4) is 0 Å². The van der Waals surface area contributed by atoms with E-state index in [1.165, 1.54) is 18.3 Å². The number of alkyl halides is 1. The molecule has 0 spiro atoms. The van der Waals surface area contributed by atoms with Crippen LogP contribution in [0.15, 0.2) is 61.0 Å². The number of rotatable bonds is 10. The van der Waals surface area contributed by atoms with Crippen molar-refractivity contribution in [3.63, 3.8) is 0 Å². The molecule has 0 aliphatic heterocycles. The zero-order chi connectivity index (χ0) is 20.4. The zero-order valence-corrected chi connectivity index (χ0v) is 15.3. The van der Waals surface area contributed by atoms with Gasteiger partial charge in [-0.3, -0.25) is 15.4 Å². The summed E-state index contributed by atoms with van der Waals surface area (Å²) in [6, 6.07) is 8.08. The molecule has 0 fully saturated rings. The molecule has 0 aliphatic rings. The highest BCUT2D eigenvalue weighted by atomic mass is 19.1. The Morgan fingerprint density at radius 2 is 2.00 bits per heavy atom. The first kappa shape index (κ1) is 21.1. The van der Waals surface area contributed by atoms with Crippen LogP contribution in [-0.4, -0.2) is 35.2 Å². The van der Waals surface area contributed by atoms with E-state index in [4.69, 9.17) is 10.1 Å². The first-order chi connectivity index (χ1) is 13.6. The van der Waals surface area contributed by atoms with Crippen molar-refractivity contribution >= 4 is 17.5 Å². The highest BCUT2D eigenvalue weighted by molar-refractivity contribution is 6.17. The number of nitrogens with zero attached hydrogens (tertiary/aromatic N) is 2. The minimum Gasteiger partial charge on any atom is -0.458 e.